The van der Waals surface area contributed by atoms with E-state index in [1.54, 1.807) is 16.8 Å². The van der Waals surface area contributed by atoms with Crippen LogP contribution in [0.15, 0.2) is 71.9 Å². The Kier molecular flexibility index (Phi) is 8.89. The minimum Gasteiger partial charge on any atom is -0.395 e. The summed E-state index contributed by atoms with van der Waals surface area (Å²) < 4.78 is 60.6. The number of piperazine rings is 1. The normalized spacial score (nSPS) is 14.1. The van der Waals surface area contributed by atoms with Crippen LogP contribution in [0.25, 0.3) is 27.9 Å². The first-order valence-electron chi connectivity index (χ1n) is 14.9. The first kappa shape index (κ1) is 32.8. The minimum atomic E-state index is -4.41. The number of nitrogens with zero attached hydrogens (tertiary/aromatic N) is 8. The van der Waals surface area contributed by atoms with Gasteiger partial charge in [-0.05, 0) is 48.5 Å². The van der Waals surface area contributed by atoms with Crippen LogP contribution in [0, 0.1) is 11.6 Å². The van der Waals surface area contributed by atoms with E-state index in [1.807, 2.05) is 18.2 Å². The maximum atomic E-state index is 15.8. The molecule has 3 aromatic carbocycles. The van der Waals surface area contributed by atoms with E-state index in [9.17, 15) is 13.5 Å². The van der Waals surface area contributed by atoms with Crippen molar-refractivity contribution >= 4 is 78.2 Å². The second kappa shape index (κ2) is 13.3. The summed E-state index contributed by atoms with van der Waals surface area (Å²) in [6.07, 6.45) is 1.20. The van der Waals surface area contributed by atoms with Gasteiger partial charge in [-0.3, -0.25) is 9.62 Å². The lowest BCUT2D eigenvalue weighted by Crippen LogP contribution is -2.47. The Morgan fingerprint density at radius 3 is 2.51 bits per heavy atom. The molecule has 4 heterocycles. The third-order valence-corrected chi connectivity index (χ3v) is 10.4. The molecule has 252 valence electrons. The van der Waals surface area contributed by atoms with Gasteiger partial charge in [0.15, 0.2) is 17.5 Å². The molecule has 49 heavy (non-hydrogen) atoms. The van der Waals surface area contributed by atoms with Gasteiger partial charge in [0, 0.05) is 32.7 Å². The van der Waals surface area contributed by atoms with Crippen LogP contribution in [0.3, 0.4) is 0 Å². The molecule has 6 aromatic rings. The Balaban J connectivity index is 1.21. The van der Waals surface area contributed by atoms with Gasteiger partial charge in [0.2, 0.25) is 0 Å². The number of halogens is 4. The monoisotopic (exact) mass is 726 g/mol. The lowest BCUT2D eigenvalue weighted by atomic mass is 10.2. The minimum absolute atomic E-state index is 0.0123. The summed E-state index contributed by atoms with van der Waals surface area (Å²) in [6.45, 7) is 3.88. The maximum absolute atomic E-state index is 15.8. The molecular formula is C31H26Cl2F2N10O3S. The average Bonchev–Trinajstić information content (AvgIpc) is 3.54. The van der Waals surface area contributed by atoms with E-state index in [1.165, 1.54) is 24.5 Å². The molecule has 1 aliphatic rings. The lowest BCUT2D eigenvalue weighted by molar-refractivity contribution is 0.189. The third kappa shape index (κ3) is 6.28. The van der Waals surface area contributed by atoms with Crippen molar-refractivity contribution < 1.29 is 22.3 Å². The van der Waals surface area contributed by atoms with Crippen molar-refractivity contribution in [2.75, 3.05) is 54.3 Å². The smallest absolute Gasteiger partial charge is 0.263 e. The largest absolute Gasteiger partial charge is 0.395 e. The number of sulfonamides is 1. The van der Waals surface area contributed by atoms with E-state index in [4.69, 9.17) is 23.2 Å². The Hall–Kier alpha value is -4.74. The highest BCUT2D eigenvalue weighted by atomic mass is 35.5. The standard InChI is InChI=1S/C31H26Cl2F2N10O3S/c32-18-3-1-6-24(26(18)33)49(47,48)41-20-8-7-19(34)28(27(20)35)39-31-29-21(36-17-37-31)9-10-25(38-29)45-23-5-2-4-22(30(23)40-42-45)44-13-11-43(12-14-44)15-16-46/h1-10,17,41,46H,11-16H2,(H,36,37,39). The van der Waals surface area contributed by atoms with Crippen LogP contribution >= 0.6 is 23.2 Å². The van der Waals surface area contributed by atoms with Gasteiger partial charge in [-0.25, -0.2) is 32.2 Å². The van der Waals surface area contributed by atoms with Gasteiger partial charge < -0.3 is 15.3 Å². The molecule has 7 rings (SSSR count). The highest BCUT2D eigenvalue weighted by Gasteiger charge is 2.25. The van der Waals surface area contributed by atoms with E-state index in [0.717, 1.165) is 44.0 Å². The van der Waals surface area contributed by atoms with E-state index in [-0.39, 0.29) is 32.9 Å². The second-order valence-electron chi connectivity index (χ2n) is 11.0. The SMILES string of the molecule is O=S(=O)(Nc1ccc(F)c(Nc2ncnc3ccc(-n4nnc5c(N6CCN(CCO)CC6)cccc54)nc23)c1F)c1cccc(Cl)c1Cl. The molecule has 1 aliphatic heterocycles. The maximum Gasteiger partial charge on any atom is 0.263 e. The van der Waals surface area contributed by atoms with Crippen molar-refractivity contribution in [2.24, 2.45) is 0 Å². The van der Waals surface area contributed by atoms with Crippen molar-refractivity contribution in [3.63, 3.8) is 0 Å². The third-order valence-electron chi connectivity index (χ3n) is 8.05. The number of hydrogen-bond acceptors (Lipinski definition) is 11. The number of rotatable bonds is 9. The van der Waals surface area contributed by atoms with Crippen molar-refractivity contribution in [1.29, 1.82) is 0 Å². The van der Waals surface area contributed by atoms with Crippen LogP contribution in [0.4, 0.5) is 31.7 Å². The van der Waals surface area contributed by atoms with Crippen molar-refractivity contribution in [3.8, 4) is 5.82 Å². The van der Waals surface area contributed by atoms with Gasteiger partial charge in [-0.15, -0.1) is 5.10 Å². The first-order valence-corrected chi connectivity index (χ1v) is 17.1. The molecule has 0 atom stereocenters. The summed E-state index contributed by atoms with van der Waals surface area (Å²) in [6, 6.07) is 14.9. The van der Waals surface area contributed by atoms with E-state index < -0.39 is 33.0 Å². The number of benzene rings is 3. The van der Waals surface area contributed by atoms with E-state index in [2.05, 4.69) is 45.1 Å². The molecule has 13 nitrogen and oxygen atoms in total. The summed E-state index contributed by atoms with van der Waals surface area (Å²) in [4.78, 5) is 17.1. The van der Waals surface area contributed by atoms with E-state index in [0.29, 0.717) is 28.9 Å². The number of aromatic nitrogens is 6. The Morgan fingerprint density at radius 2 is 1.71 bits per heavy atom. The summed E-state index contributed by atoms with van der Waals surface area (Å²) >= 11 is 12.1. The average molecular weight is 728 g/mol. The number of β-amino-alcohol motifs (C(OH)–C–C–N with tert-alkyl or cyclic N) is 1. The Bertz CT molecular complexity index is 2320. The number of aliphatic hydroxyl groups excluding tert-OH is 1. The molecule has 1 saturated heterocycles. The quantitative estimate of drug-likeness (QED) is 0.184. The van der Waals surface area contributed by atoms with Gasteiger partial charge in [0.05, 0.1) is 39.1 Å². The zero-order valence-electron chi connectivity index (χ0n) is 25.4. The van der Waals surface area contributed by atoms with Gasteiger partial charge in [0.25, 0.3) is 10.0 Å². The van der Waals surface area contributed by atoms with Crippen LogP contribution in [-0.4, -0.2) is 87.7 Å². The molecular weight excluding hydrogens is 701 g/mol. The van der Waals surface area contributed by atoms with Gasteiger partial charge >= 0.3 is 0 Å². The highest BCUT2D eigenvalue weighted by Crippen LogP contribution is 2.34. The van der Waals surface area contributed by atoms with Crippen LogP contribution in [0.1, 0.15) is 0 Å². The van der Waals surface area contributed by atoms with Crippen LogP contribution in [0.5, 0.6) is 0 Å². The predicted molar refractivity (Wildman–Crippen MR) is 182 cm³/mol. The Labute approximate surface area is 288 Å². The number of pyridine rings is 1. The zero-order valence-corrected chi connectivity index (χ0v) is 27.7. The lowest BCUT2D eigenvalue weighted by Gasteiger charge is -2.35. The molecule has 0 saturated carbocycles. The van der Waals surface area contributed by atoms with Crippen LogP contribution in [-0.2, 0) is 10.0 Å². The topological polar surface area (TPSA) is 154 Å². The fourth-order valence-electron chi connectivity index (χ4n) is 5.60. The number of hydrogen-bond donors (Lipinski definition) is 3. The summed E-state index contributed by atoms with van der Waals surface area (Å²) in [5.74, 6) is -1.96. The number of aliphatic hydroxyl groups is 1. The summed E-state index contributed by atoms with van der Waals surface area (Å²) in [5, 5.41) is 20.5. The summed E-state index contributed by atoms with van der Waals surface area (Å²) in [7, 11) is -4.41. The van der Waals surface area contributed by atoms with Gasteiger partial charge in [0.1, 0.15) is 33.8 Å². The second-order valence-corrected chi connectivity index (χ2v) is 13.5. The van der Waals surface area contributed by atoms with Crippen molar-refractivity contribution in [2.45, 2.75) is 4.90 Å². The number of anilines is 4. The van der Waals surface area contributed by atoms with E-state index >= 15 is 8.78 Å². The number of nitrogens with one attached hydrogen (secondary N) is 2. The van der Waals surface area contributed by atoms with Gasteiger partial charge in [-0.2, -0.15) is 4.68 Å². The van der Waals surface area contributed by atoms with Crippen molar-refractivity contribution in [1.82, 2.24) is 34.8 Å². The molecule has 0 spiro atoms. The Morgan fingerprint density at radius 1 is 0.918 bits per heavy atom. The predicted octanol–water partition coefficient (Wildman–Crippen LogP) is 5.00. The fourth-order valence-corrected chi connectivity index (χ4v) is 7.43. The molecule has 1 fully saturated rings. The molecule has 3 aromatic heterocycles. The van der Waals surface area contributed by atoms with Crippen LogP contribution < -0.4 is 14.9 Å². The molecule has 0 amide bonds. The molecule has 0 radical (unpaired) electrons. The van der Waals surface area contributed by atoms with Crippen molar-refractivity contribution in [3.05, 3.63) is 88.7 Å². The molecule has 3 N–H and O–H groups in total. The fraction of sp³-hybridized carbons (Fsp3) is 0.194. The molecule has 0 bridgehead atoms. The highest BCUT2D eigenvalue weighted by molar-refractivity contribution is 7.92. The zero-order chi connectivity index (χ0) is 34.3. The van der Waals surface area contributed by atoms with Crippen LogP contribution in [0.2, 0.25) is 10.0 Å². The first-order chi connectivity index (χ1) is 23.6. The molecule has 0 aliphatic carbocycles. The molecule has 0 unspecified atom stereocenters. The summed E-state index contributed by atoms with van der Waals surface area (Å²) in [5.41, 5.74) is 1.57. The van der Waals surface area contributed by atoms with Gasteiger partial charge in [-0.1, -0.05) is 40.5 Å². The number of fused-ring (bicyclic) bond motifs is 2. The molecule has 18 heteroatoms.